The van der Waals surface area contributed by atoms with Gasteiger partial charge in [0.05, 0.1) is 42.8 Å². The first-order chi connectivity index (χ1) is 17.7. The molecule has 0 aliphatic carbocycles. The maximum absolute atomic E-state index is 12.6. The minimum Gasteiger partial charge on any atom is -0.492 e. The lowest BCUT2D eigenvalue weighted by Gasteiger charge is -2.34. The number of ether oxygens (including phenoxy) is 3. The fraction of sp³-hybridized carbons (Fsp3) is 0.556. The minimum absolute atomic E-state index is 0.189. The number of fused-ring (bicyclic) bond motifs is 3. The first-order valence-electron chi connectivity index (χ1n) is 12.6. The van der Waals surface area contributed by atoms with E-state index in [9.17, 15) is 10.1 Å². The van der Waals surface area contributed by atoms with Crippen LogP contribution in [-0.4, -0.2) is 75.7 Å². The van der Waals surface area contributed by atoms with Crippen molar-refractivity contribution < 1.29 is 19.0 Å². The van der Waals surface area contributed by atoms with Gasteiger partial charge in [0.2, 0.25) is 0 Å². The van der Waals surface area contributed by atoms with Gasteiger partial charge in [0.1, 0.15) is 41.2 Å². The summed E-state index contributed by atoms with van der Waals surface area (Å²) in [4.78, 5) is 23.3. The molecule has 0 N–H and O–H groups in total. The van der Waals surface area contributed by atoms with Crippen molar-refractivity contribution in [1.82, 2.24) is 19.4 Å². The Hall–Kier alpha value is -3.03. The molecule has 0 unspecified atom stereocenters. The van der Waals surface area contributed by atoms with Crippen LogP contribution in [0.3, 0.4) is 0 Å². The lowest BCUT2D eigenvalue weighted by Crippen LogP contribution is -2.44. The summed E-state index contributed by atoms with van der Waals surface area (Å²) in [6.45, 7) is 8.39. The van der Waals surface area contributed by atoms with Gasteiger partial charge in [-0.2, -0.15) is 5.26 Å². The number of hydrogen-bond acceptors (Lipinski definition) is 7. The number of aromatic nitrogens is 3. The molecule has 0 bridgehead atoms. The van der Waals surface area contributed by atoms with E-state index >= 15 is 0 Å². The molecule has 1 atom stereocenters. The molecule has 198 valence electrons. The molecule has 1 amide bonds. The van der Waals surface area contributed by atoms with E-state index < -0.39 is 5.60 Å². The van der Waals surface area contributed by atoms with E-state index in [2.05, 4.69) is 28.5 Å². The molecule has 0 spiro atoms. The number of likely N-dealkylation sites (tertiary alicyclic amines) is 1. The standard InChI is InChI=1S/C27H36N5O4S/c1-27(2,3)36-26(33)31-10-6-7-19(16-31)17-35-23-8-9-29-25-24(23)21-13-20(14-28)30-15-22(21)32(25)18-34-11-12-37(4)5/h8-9,13,15,19H,6-7,10-12,16-18H2,1-5H3/q+1/t19-/m1/s1. The second kappa shape index (κ2) is 11.6. The molecule has 1 saturated heterocycles. The summed E-state index contributed by atoms with van der Waals surface area (Å²) in [5, 5.41) is 11.1. The van der Waals surface area contributed by atoms with Crippen LogP contribution in [0.5, 0.6) is 5.75 Å². The summed E-state index contributed by atoms with van der Waals surface area (Å²) >= 11 is 0. The average molecular weight is 527 g/mol. The third-order valence-electron chi connectivity index (χ3n) is 6.21. The number of carbonyl (C=O) groups is 1. The fourth-order valence-corrected chi connectivity index (χ4v) is 4.91. The molecular formula is C27H36N5O4S+. The smallest absolute Gasteiger partial charge is 0.410 e. The highest BCUT2D eigenvalue weighted by Gasteiger charge is 2.28. The molecule has 1 aliphatic rings. The van der Waals surface area contributed by atoms with Gasteiger partial charge in [-0.15, -0.1) is 0 Å². The molecule has 0 saturated carbocycles. The normalized spacial score (nSPS) is 16.4. The predicted molar refractivity (Wildman–Crippen MR) is 146 cm³/mol. The van der Waals surface area contributed by atoms with Crippen LogP contribution in [-0.2, 0) is 27.1 Å². The summed E-state index contributed by atoms with van der Waals surface area (Å²) in [5.41, 5.74) is 1.39. The molecule has 9 nitrogen and oxygen atoms in total. The van der Waals surface area contributed by atoms with Crippen molar-refractivity contribution in [2.24, 2.45) is 5.92 Å². The Balaban J connectivity index is 1.56. The molecule has 1 fully saturated rings. The Bertz CT molecular complexity index is 1290. The van der Waals surface area contributed by atoms with Gasteiger partial charge in [-0.05, 0) is 56.6 Å². The highest BCUT2D eigenvalue weighted by molar-refractivity contribution is 7.95. The molecule has 3 aromatic heterocycles. The van der Waals surface area contributed by atoms with Gasteiger partial charge >= 0.3 is 6.09 Å². The molecule has 10 heteroatoms. The minimum atomic E-state index is -0.520. The number of piperidine rings is 1. The maximum atomic E-state index is 12.6. The largest absolute Gasteiger partial charge is 0.492 e. The van der Waals surface area contributed by atoms with E-state index in [4.69, 9.17) is 14.2 Å². The molecule has 0 radical (unpaired) electrons. The van der Waals surface area contributed by atoms with Gasteiger partial charge in [-0.25, -0.2) is 14.8 Å². The molecular weight excluding hydrogens is 490 g/mol. The van der Waals surface area contributed by atoms with Crippen LogP contribution in [0.1, 0.15) is 39.3 Å². The van der Waals surface area contributed by atoms with Crippen LogP contribution in [0.4, 0.5) is 4.79 Å². The summed E-state index contributed by atoms with van der Waals surface area (Å²) in [5.74, 6) is 1.88. The van der Waals surface area contributed by atoms with E-state index in [-0.39, 0.29) is 12.0 Å². The first kappa shape index (κ1) is 27.0. The van der Waals surface area contributed by atoms with Crippen LogP contribution in [0.15, 0.2) is 24.5 Å². The van der Waals surface area contributed by atoms with Crippen molar-refractivity contribution in [3.8, 4) is 11.8 Å². The topological polar surface area (TPSA) is 103 Å². The summed E-state index contributed by atoms with van der Waals surface area (Å²) in [7, 11) is 0.307. The highest BCUT2D eigenvalue weighted by Crippen LogP contribution is 2.35. The molecule has 37 heavy (non-hydrogen) atoms. The zero-order chi connectivity index (χ0) is 26.6. The number of carbonyl (C=O) groups excluding carboxylic acids is 1. The van der Waals surface area contributed by atoms with Gasteiger partial charge in [0.15, 0.2) is 0 Å². The van der Waals surface area contributed by atoms with Crippen LogP contribution in [0, 0.1) is 17.2 Å². The third-order valence-corrected chi connectivity index (χ3v) is 7.19. The monoisotopic (exact) mass is 526 g/mol. The molecule has 4 heterocycles. The Morgan fingerprint density at radius 2 is 2.11 bits per heavy atom. The SMILES string of the molecule is C[S+](C)CCOCn1c2cnc(C#N)cc2c2c(OC[C@@H]3CCCN(C(=O)OC(C)(C)C)C3)ccnc21. The predicted octanol–water partition coefficient (Wildman–Crippen LogP) is 4.33. The second-order valence-corrected chi connectivity index (χ2v) is 13.0. The summed E-state index contributed by atoms with van der Waals surface area (Å²) in [6, 6.07) is 5.77. The Morgan fingerprint density at radius 1 is 1.30 bits per heavy atom. The number of rotatable bonds is 8. The zero-order valence-corrected chi connectivity index (χ0v) is 23.1. The maximum Gasteiger partial charge on any atom is 0.410 e. The number of pyridine rings is 2. The van der Waals surface area contributed by atoms with Crippen molar-refractivity contribution >= 4 is 38.9 Å². The number of nitrogens with zero attached hydrogens (tertiary/aromatic N) is 5. The lowest BCUT2D eigenvalue weighted by atomic mass is 9.99. The average Bonchev–Trinajstić information content (AvgIpc) is 3.17. The number of amides is 1. The zero-order valence-electron chi connectivity index (χ0n) is 22.3. The molecule has 1 aliphatic heterocycles. The van der Waals surface area contributed by atoms with Crippen molar-refractivity contribution in [1.29, 1.82) is 5.26 Å². The van der Waals surface area contributed by atoms with Gasteiger partial charge in [-0.3, -0.25) is 4.57 Å². The van der Waals surface area contributed by atoms with Crippen molar-refractivity contribution in [2.75, 3.05) is 44.6 Å². The molecule has 4 rings (SSSR count). The quantitative estimate of drug-likeness (QED) is 0.318. The summed E-state index contributed by atoms with van der Waals surface area (Å²) < 4.78 is 19.9. The van der Waals surface area contributed by atoms with E-state index in [0.717, 1.165) is 40.5 Å². The van der Waals surface area contributed by atoms with Crippen LogP contribution >= 0.6 is 0 Å². The number of nitriles is 1. The second-order valence-electron chi connectivity index (χ2n) is 10.6. The van der Waals surface area contributed by atoms with E-state index in [1.165, 1.54) is 0 Å². The van der Waals surface area contributed by atoms with Crippen molar-refractivity contribution in [3.05, 3.63) is 30.2 Å². The molecule has 0 aromatic carbocycles. The lowest BCUT2D eigenvalue weighted by molar-refractivity contribution is 0.0139. The van der Waals surface area contributed by atoms with Crippen molar-refractivity contribution in [3.63, 3.8) is 0 Å². The van der Waals surface area contributed by atoms with Gasteiger partial charge in [-0.1, -0.05) is 0 Å². The van der Waals surface area contributed by atoms with E-state index in [1.807, 2.05) is 31.4 Å². The third kappa shape index (κ3) is 6.65. The van der Waals surface area contributed by atoms with Crippen LogP contribution in [0.25, 0.3) is 21.9 Å². The summed E-state index contributed by atoms with van der Waals surface area (Å²) in [6.07, 6.45) is 9.43. The Morgan fingerprint density at radius 3 is 2.84 bits per heavy atom. The Kier molecular flexibility index (Phi) is 8.45. The van der Waals surface area contributed by atoms with Crippen LogP contribution in [0.2, 0.25) is 0 Å². The van der Waals surface area contributed by atoms with Gasteiger partial charge < -0.3 is 19.1 Å². The van der Waals surface area contributed by atoms with Gasteiger partial charge in [0, 0.05) is 30.6 Å². The highest BCUT2D eigenvalue weighted by atomic mass is 32.2. The fourth-order valence-electron chi connectivity index (χ4n) is 4.46. The van der Waals surface area contributed by atoms with E-state index in [0.29, 0.717) is 55.4 Å². The van der Waals surface area contributed by atoms with E-state index in [1.54, 1.807) is 23.4 Å². The van der Waals surface area contributed by atoms with Gasteiger partial charge in [0.25, 0.3) is 0 Å². The Labute approximate surface area is 221 Å². The van der Waals surface area contributed by atoms with Crippen molar-refractivity contribution in [2.45, 2.75) is 45.9 Å². The number of hydrogen-bond donors (Lipinski definition) is 0. The molecule has 3 aromatic rings. The first-order valence-corrected chi connectivity index (χ1v) is 14.8. The van der Waals surface area contributed by atoms with Crippen LogP contribution < -0.4 is 4.74 Å².